The fraction of sp³-hybridized carbons (Fsp3) is 0.579. The predicted molar refractivity (Wildman–Crippen MR) is 105 cm³/mol. The smallest absolute Gasteiger partial charge is 0.154 e. The van der Waals surface area contributed by atoms with Gasteiger partial charge in [-0.25, -0.2) is 9.38 Å². The third kappa shape index (κ3) is 3.46. The number of fused-ring (bicyclic) bond motifs is 1. The lowest BCUT2D eigenvalue weighted by atomic mass is 9.74. The normalized spacial score (nSPS) is 33.1. The summed E-state index contributed by atoms with van der Waals surface area (Å²) in [7, 11) is 1.67. The van der Waals surface area contributed by atoms with Gasteiger partial charge in [0, 0.05) is 36.5 Å². The highest BCUT2D eigenvalue weighted by Crippen LogP contribution is 2.47. The Hall–Kier alpha value is -1.64. The second-order valence-electron chi connectivity index (χ2n) is 7.48. The average molecular weight is 393 g/mol. The van der Waals surface area contributed by atoms with Gasteiger partial charge in [0.1, 0.15) is 11.4 Å². The van der Waals surface area contributed by atoms with Crippen LogP contribution in [0.3, 0.4) is 0 Å². The number of nitrogens with one attached hydrogen (secondary N) is 1. The van der Waals surface area contributed by atoms with E-state index in [1.54, 1.807) is 7.11 Å². The number of aliphatic imine (C=N–C) groups is 1. The first-order valence-corrected chi connectivity index (χ1v) is 10.2. The molecule has 0 aromatic heterocycles. The molecular weight excluding hydrogens is 367 g/mol. The molecule has 1 saturated heterocycles. The van der Waals surface area contributed by atoms with Crippen LogP contribution in [-0.2, 0) is 15.0 Å². The second-order valence-corrected chi connectivity index (χ2v) is 8.52. The number of hydrazone groups is 1. The Bertz CT molecular complexity index is 787. The quantitative estimate of drug-likeness (QED) is 0.823. The van der Waals surface area contributed by atoms with Crippen molar-refractivity contribution in [1.82, 2.24) is 5.43 Å². The summed E-state index contributed by atoms with van der Waals surface area (Å²) in [4.78, 5) is 4.75. The first kappa shape index (κ1) is 18.7. The van der Waals surface area contributed by atoms with Crippen LogP contribution < -0.4 is 11.2 Å². The molecule has 3 aliphatic heterocycles. The minimum absolute atomic E-state index is 0.00189. The molecule has 4 rings (SSSR count). The molecule has 3 aliphatic rings. The predicted octanol–water partition coefficient (Wildman–Crippen LogP) is 2.54. The summed E-state index contributed by atoms with van der Waals surface area (Å²) < 4.78 is 26.3. The Balaban J connectivity index is 1.72. The summed E-state index contributed by atoms with van der Waals surface area (Å²) in [6.45, 7) is 2.82. The molecule has 27 heavy (non-hydrogen) atoms. The van der Waals surface area contributed by atoms with Crippen LogP contribution in [0.25, 0.3) is 0 Å². The molecule has 146 valence electrons. The number of hydrogen-bond donors (Lipinski definition) is 2. The number of halogens is 1. The van der Waals surface area contributed by atoms with E-state index in [-0.39, 0.29) is 23.9 Å². The monoisotopic (exact) mass is 392 g/mol. The van der Waals surface area contributed by atoms with E-state index in [9.17, 15) is 0 Å². The summed E-state index contributed by atoms with van der Waals surface area (Å²) in [5, 5.41) is 4.75. The van der Waals surface area contributed by atoms with Crippen molar-refractivity contribution in [3.8, 4) is 0 Å². The molecule has 4 atom stereocenters. The molecule has 0 aliphatic carbocycles. The maximum atomic E-state index is 15.0. The number of benzene rings is 1. The van der Waals surface area contributed by atoms with Crippen LogP contribution in [0.15, 0.2) is 28.3 Å². The van der Waals surface area contributed by atoms with E-state index in [0.29, 0.717) is 23.9 Å². The summed E-state index contributed by atoms with van der Waals surface area (Å²) in [5.74, 6) is 0.673. The van der Waals surface area contributed by atoms with Crippen LogP contribution in [-0.4, -0.2) is 43.1 Å². The lowest BCUT2D eigenvalue weighted by molar-refractivity contribution is -0.0837. The lowest BCUT2D eigenvalue weighted by Crippen LogP contribution is -2.51. The molecule has 1 unspecified atom stereocenters. The van der Waals surface area contributed by atoms with E-state index in [2.05, 4.69) is 10.5 Å². The first-order valence-electron chi connectivity index (χ1n) is 9.19. The van der Waals surface area contributed by atoms with Gasteiger partial charge in [0.2, 0.25) is 0 Å². The molecule has 1 aromatic carbocycles. The van der Waals surface area contributed by atoms with Gasteiger partial charge in [-0.05, 0) is 31.0 Å². The van der Waals surface area contributed by atoms with Crippen LogP contribution in [0.1, 0.15) is 36.9 Å². The second kappa shape index (κ2) is 7.41. The van der Waals surface area contributed by atoms with Gasteiger partial charge in [-0.15, -0.1) is 0 Å². The Morgan fingerprint density at radius 2 is 2.33 bits per heavy atom. The number of hydrogen-bond acceptors (Lipinski definition) is 7. The van der Waals surface area contributed by atoms with Crippen LogP contribution in [0.2, 0.25) is 0 Å². The Morgan fingerprint density at radius 3 is 3.07 bits per heavy atom. The summed E-state index contributed by atoms with van der Waals surface area (Å²) in [6.07, 6.45) is 1.59. The number of nitrogens with zero attached hydrogens (tertiary/aromatic N) is 2. The minimum atomic E-state index is -0.784. The Morgan fingerprint density at radius 1 is 1.48 bits per heavy atom. The van der Waals surface area contributed by atoms with Gasteiger partial charge in [0.15, 0.2) is 5.17 Å². The summed E-state index contributed by atoms with van der Waals surface area (Å²) in [6, 6.07) is 5.32. The number of rotatable bonds is 4. The van der Waals surface area contributed by atoms with E-state index >= 15 is 4.39 Å². The fourth-order valence-electron chi connectivity index (χ4n) is 4.21. The number of thioether (sulfide) groups is 1. The zero-order chi connectivity index (χ0) is 19.0. The van der Waals surface area contributed by atoms with Gasteiger partial charge >= 0.3 is 0 Å². The van der Waals surface area contributed by atoms with Gasteiger partial charge < -0.3 is 20.6 Å². The third-order valence-electron chi connectivity index (χ3n) is 5.63. The topological polar surface area (TPSA) is 81.2 Å². The molecule has 1 fully saturated rings. The largest absolute Gasteiger partial charge is 0.382 e. The molecule has 3 N–H and O–H groups in total. The molecular formula is C19H25FN4O2S. The van der Waals surface area contributed by atoms with E-state index in [1.807, 2.05) is 19.1 Å². The van der Waals surface area contributed by atoms with Crippen molar-refractivity contribution in [2.24, 2.45) is 21.7 Å². The van der Waals surface area contributed by atoms with Gasteiger partial charge in [0.05, 0.1) is 25.4 Å². The fourth-order valence-corrected chi connectivity index (χ4v) is 5.22. The van der Waals surface area contributed by atoms with Gasteiger partial charge in [-0.3, -0.25) is 0 Å². The Labute approximate surface area is 162 Å². The third-order valence-corrected chi connectivity index (χ3v) is 6.58. The molecule has 1 aromatic rings. The SMILES string of the molecule is COC[C@H]1C[C@H]2CSC(N)=N[C@@]2(c2cc(C3CC(C)=NN3)ccc2F)CO1. The van der Waals surface area contributed by atoms with Crippen molar-refractivity contribution < 1.29 is 13.9 Å². The van der Waals surface area contributed by atoms with Crippen LogP contribution in [0.4, 0.5) is 4.39 Å². The number of amidine groups is 1. The molecule has 0 spiro atoms. The van der Waals surface area contributed by atoms with Crippen molar-refractivity contribution in [1.29, 1.82) is 0 Å². The molecule has 0 amide bonds. The maximum absolute atomic E-state index is 15.0. The van der Waals surface area contributed by atoms with Crippen LogP contribution in [0, 0.1) is 11.7 Å². The van der Waals surface area contributed by atoms with Gasteiger partial charge in [-0.2, -0.15) is 5.10 Å². The molecule has 8 heteroatoms. The number of ether oxygens (including phenoxy) is 2. The highest BCUT2D eigenvalue weighted by Gasteiger charge is 2.49. The van der Waals surface area contributed by atoms with Gasteiger partial charge in [0.25, 0.3) is 0 Å². The van der Waals surface area contributed by atoms with E-state index in [0.717, 1.165) is 29.9 Å². The molecule has 0 radical (unpaired) electrons. The average Bonchev–Trinajstić information content (AvgIpc) is 3.09. The standard InChI is InChI=1S/C19H25FN4O2S/c1-11-5-17(24-23-11)12-3-4-16(20)15(6-12)19-10-26-14(8-25-2)7-13(19)9-27-18(21)22-19/h3-4,6,13-14,17,24H,5,7-10H2,1-2H3,(H2,21,22)/t13-,14+,17?,19-/m0/s1. The maximum Gasteiger partial charge on any atom is 0.154 e. The van der Waals surface area contributed by atoms with Crippen molar-refractivity contribution in [2.45, 2.75) is 37.5 Å². The van der Waals surface area contributed by atoms with Crippen LogP contribution in [0.5, 0.6) is 0 Å². The number of methoxy groups -OCH3 is 1. The van der Waals surface area contributed by atoms with Crippen molar-refractivity contribution >= 4 is 22.6 Å². The Kier molecular flexibility index (Phi) is 5.13. The van der Waals surface area contributed by atoms with Crippen LogP contribution >= 0.6 is 11.8 Å². The van der Waals surface area contributed by atoms with Crippen molar-refractivity contribution in [3.63, 3.8) is 0 Å². The highest BCUT2D eigenvalue weighted by atomic mass is 32.2. The molecule has 0 saturated carbocycles. The lowest BCUT2D eigenvalue weighted by Gasteiger charge is -2.46. The molecule has 6 nitrogen and oxygen atoms in total. The zero-order valence-corrected chi connectivity index (χ0v) is 16.4. The van der Waals surface area contributed by atoms with E-state index < -0.39 is 5.54 Å². The van der Waals surface area contributed by atoms with E-state index in [1.165, 1.54) is 17.8 Å². The van der Waals surface area contributed by atoms with E-state index in [4.69, 9.17) is 20.2 Å². The summed E-state index contributed by atoms with van der Waals surface area (Å²) >= 11 is 1.53. The van der Waals surface area contributed by atoms with Crippen molar-refractivity contribution in [3.05, 3.63) is 35.1 Å². The first-order chi connectivity index (χ1) is 13.0. The minimum Gasteiger partial charge on any atom is -0.382 e. The van der Waals surface area contributed by atoms with Gasteiger partial charge in [-0.1, -0.05) is 17.8 Å². The highest BCUT2D eigenvalue weighted by molar-refractivity contribution is 8.13. The molecule has 0 bridgehead atoms. The molecule has 3 heterocycles. The van der Waals surface area contributed by atoms with Crippen molar-refractivity contribution in [2.75, 3.05) is 26.1 Å². The number of nitrogens with two attached hydrogens (primary N) is 1. The zero-order valence-electron chi connectivity index (χ0n) is 15.6. The summed E-state index contributed by atoms with van der Waals surface area (Å²) in [5.41, 5.74) is 11.0.